The monoisotopic (exact) mass is 508 g/mol. The Morgan fingerprint density at radius 1 is 1.08 bits per heavy atom. The summed E-state index contributed by atoms with van der Waals surface area (Å²) in [5.74, 6) is 0.386. The molecule has 0 fully saturated rings. The number of hydrogen-bond acceptors (Lipinski definition) is 7. The molecule has 0 amide bonds. The second-order valence-corrected chi connectivity index (χ2v) is 9.41. The number of nitriles is 1. The van der Waals surface area contributed by atoms with Crippen LogP contribution >= 0.6 is 0 Å². The zero-order valence-electron chi connectivity index (χ0n) is 21.8. The minimum Gasteiger partial charge on any atom is -0.493 e. The van der Waals surface area contributed by atoms with Crippen molar-refractivity contribution in [1.82, 2.24) is 0 Å². The van der Waals surface area contributed by atoms with Gasteiger partial charge in [0.2, 0.25) is 11.6 Å². The number of hydrogen-bond donors (Lipinski definition) is 1. The molecule has 2 N–H and O–H groups in total. The number of furan rings is 1. The summed E-state index contributed by atoms with van der Waals surface area (Å²) in [7, 11) is 0. The molecule has 7 heteroatoms. The number of fused-ring (bicyclic) bond motifs is 2. The number of benzene rings is 3. The molecular formula is C31H28N2O5. The molecule has 0 radical (unpaired) electrons. The van der Waals surface area contributed by atoms with Crippen molar-refractivity contribution in [2.24, 2.45) is 5.73 Å². The van der Waals surface area contributed by atoms with E-state index in [-0.39, 0.29) is 17.4 Å². The molecule has 1 unspecified atom stereocenters. The second kappa shape index (κ2) is 9.98. The zero-order chi connectivity index (χ0) is 27.0. The van der Waals surface area contributed by atoms with Crippen LogP contribution in [0.4, 0.5) is 0 Å². The molecule has 1 aliphatic rings. The van der Waals surface area contributed by atoms with Gasteiger partial charge >= 0.3 is 5.97 Å². The topological polar surface area (TPSA) is 108 Å². The second-order valence-electron chi connectivity index (χ2n) is 9.41. The van der Waals surface area contributed by atoms with Crippen LogP contribution in [0.15, 0.2) is 70.5 Å². The van der Waals surface area contributed by atoms with Crippen molar-refractivity contribution < 1.29 is 23.4 Å². The van der Waals surface area contributed by atoms with Gasteiger partial charge in [-0.05, 0) is 56.5 Å². The van der Waals surface area contributed by atoms with Crippen LogP contribution in [0.1, 0.15) is 57.6 Å². The fourth-order valence-electron chi connectivity index (χ4n) is 5.02. The first kappa shape index (κ1) is 25.0. The molecule has 0 bridgehead atoms. The summed E-state index contributed by atoms with van der Waals surface area (Å²) in [5, 5.41) is 10.8. The molecule has 1 atom stereocenters. The molecule has 1 aromatic heterocycles. The summed E-state index contributed by atoms with van der Waals surface area (Å²) >= 11 is 0. The SMILES string of the molecule is CCCOc1ccccc1C1C(C#N)=C(N)Oc2cc(OC(=O)c3oc4cc(C)cc(C)c4c3C)ccc21. The lowest BCUT2D eigenvalue weighted by Crippen LogP contribution is -2.21. The van der Waals surface area contributed by atoms with Crippen LogP contribution in [0.5, 0.6) is 17.2 Å². The molecule has 192 valence electrons. The van der Waals surface area contributed by atoms with Crippen LogP contribution in [0.3, 0.4) is 0 Å². The summed E-state index contributed by atoms with van der Waals surface area (Å²) in [6.45, 7) is 8.39. The van der Waals surface area contributed by atoms with Gasteiger partial charge in [-0.15, -0.1) is 0 Å². The minimum absolute atomic E-state index is 0.00209. The third kappa shape index (κ3) is 4.35. The van der Waals surface area contributed by atoms with Gasteiger partial charge in [0.05, 0.1) is 12.5 Å². The highest BCUT2D eigenvalue weighted by Gasteiger charge is 2.33. The average molecular weight is 509 g/mol. The van der Waals surface area contributed by atoms with E-state index in [0.717, 1.165) is 34.1 Å². The quantitative estimate of drug-likeness (QED) is 0.231. The van der Waals surface area contributed by atoms with Crippen LogP contribution in [0.25, 0.3) is 11.0 Å². The van der Waals surface area contributed by atoms with E-state index in [0.29, 0.717) is 34.8 Å². The first-order valence-corrected chi connectivity index (χ1v) is 12.5. The summed E-state index contributed by atoms with van der Waals surface area (Å²) in [4.78, 5) is 13.1. The van der Waals surface area contributed by atoms with E-state index in [1.54, 1.807) is 18.2 Å². The highest BCUT2D eigenvalue weighted by molar-refractivity contribution is 5.98. The molecular weight excluding hydrogens is 480 g/mol. The number of rotatable bonds is 6. The maximum atomic E-state index is 13.1. The van der Waals surface area contributed by atoms with Gasteiger partial charge in [-0.2, -0.15) is 5.26 Å². The van der Waals surface area contributed by atoms with E-state index in [9.17, 15) is 10.1 Å². The van der Waals surface area contributed by atoms with Gasteiger partial charge in [-0.3, -0.25) is 0 Å². The first-order valence-electron chi connectivity index (χ1n) is 12.5. The summed E-state index contributed by atoms with van der Waals surface area (Å²) in [6.07, 6.45) is 0.848. The largest absolute Gasteiger partial charge is 0.493 e. The van der Waals surface area contributed by atoms with E-state index < -0.39 is 11.9 Å². The van der Waals surface area contributed by atoms with Crippen molar-refractivity contribution in [2.45, 2.75) is 40.0 Å². The van der Waals surface area contributed by atoms with Crippen molar-refractivity contribution in [1.29, 1.82) is 5.26 Å². The van der Waals surface area contributed by atoms with Gasteiger partial charge in [0.25, 0.3) is 0 Å². The van der Waals surface area contributed by atoms with Gasteiger partial charge in [0.1, 0.15) is 34.5 Å². The fraction of sp³-hybridized carbons (Fsp3) is 0.226. The predicted molar refractivity (Wildman–Crippen MR) is 143 cm³/mol. The molecule has 3 aromatic carbocycles. The van der Waals surface area contributed by atoms with Crippen LogP contribution in [0, 0.1) is 32.1 Å². The first-order chi connectivity index (χ1) is 18.3. The van der Waals surface area contributed by atoms with E-state index in [4.69, 9.17) is 24.4 Å². The van der Waals surface area contributed by atoms with Gasteiger partial charge in [0, 0.05) is 28.1 Å². The Morgan fingerprint density at radius 3 is 2.63 bits per heavy atom. The number of ether oxygens (including phenoxy) is 3. The van der Waals surface area contributed by atoms with Crippen LogP contribution < -0.4 is 19.9 Å². The smallest absolute Gasteiger partial charge is 0.379 e. The van der Waals surface area contributed by atoms with Crippen molar-refractivity contribution >= 4 is 16.9 Å². The predicted octanol–water partition coefficient (Wildman–Crippen LogP) is 6.58. The lowest BCUT2D eigenvalue weighted by molar-refractivity contribution is 0.0702. The van der Waals surface area contributed by atoms with E-state index in [2.05, 4.69) is 12.1 Å². The Bertz CT molecular complexity index is 1640. The normalized spacial score (nSPS) is 14.6. The van der Waals surface area contributed by atoms with Gasteiger partial charge < -0.3 is 24.4 Å². The van der Waals surface area contributed by atoms with Gasteiger partial charge in [0.15, 0.2) is 0 Å². The Kier molecular flexibility index (Phi) is 6.56. The van der Waals surface area contributed by atoms with Crippen molar-refractivity contribution in [3.05, 3.63) is 99.6 Å². The molecule has 0 aliphatic carbocycles. The van der Waals surface area contributed by atoms with Crippen molar-refractivity contribution in [3.63, 3.8) is 0 Å². The maximum absolute atomic E-state index is 13.1. The zero-order valence-corrected chi connectivity index (χ0v) is 21.8. The highest BCUT2D eigenvalue weighted by atomic mass is 16.5. The van der Waals surface area contributed by atoms with Gasteiger partial charge in [-0.1, -0.05) is 37.3 Å². The van der Waals surface area contributed by atoms with Crippen molar-refractivity contribution in [2.75, 3.05) is 6.61 Å². The molecule has 1 aliphatic heterocycles. The molecule has 4 aromatic rings. The molecule has 2 heterocycles. The molecule has 38 heavy (non-hydrogen) atoms. The third-order valence-corrected chi connectivity index (χ3v) is 6.65. The number of aryl methyl sites for hydroxylation is 3. The number of carbonyl (C=O) groups excluding carboxylic acids is 1. The Balaban J connectivity index is 1.50. The minimum atomic E-state index is -0.609. The molecule has 5 rings (SSSR count). The third-order valence-electron chi connectivity index (χ3n) is 6.65. The number of para-hydroxylation sites is 1. The van der Waals surface area contributed by atoms with Crippen LogP contribution in [-0.2, 0) is 0 Å². The van der Waals surface area contributed by atoms with Gasteiger partial charge in [-0.25, -0.2) is 4.79 Å². The summed E-state index contributed by atoms with van der Waals surface area (Å²) < 4.78 is 23.4. The average Bonchev–Trinajstić information content (AvgIpc) is 3.23. The van der Waals surface area contributed by atoms with Crippen LogP contribution in [-0.4, -0.2) is 12.6 Å². The summed E-state index contributed by atoms with van der Waals surface area (Å²) in [5.41, 5.74) is 11.5. The number of carbonyl (C=O) groups is 1. The number of allylic oxidation sites excluding steroid dienone is 1. The van der Waals surface area contributed by atoms with Crippen molar-refractivity contribution in [3.8, 4) is 23.3 Å². The summed E-state index contributed by atoms with van der Waals surface area (Å²) in [6, 6.07) is 18.8. The Hall–Kier alpha value is -4.70. The Labute approximate surface area is 221 Å². The van der Waals surface area contributed by atoms with Crippen LogP contribution in [0.2, 0.25) is 0 Å². The van der Waals surface area contributed by atoms with E-state index >= 15 is 0 Å². The lowest BCUT2D eigenvalue weighted by atomic mass is 9.83. The molecule has 7 nitrogen and oxygen atoms in total. The highest BCUT2D eigenvalue weighted by Crippen LogP contribution is 2.46. The molecule has 0 spiro atoms. The number of esters is 1. The Morgan fingerprint density at radius 2 is 1.87 bits per heavy atom. The number of nitrogens with two attached hydrogens (primary N) is 1. The standard InChI is InChI=1S/C31H28N2O5/c1-5-12-35-24-9-7-6-8-21(24)28-22-11-10-20(15-25(22)38-30(33)23(28)16-32)36-31(34)29-19(4)27-18(3)13-17(2)14-26(27)37-29/h6-11,13-15,28H,5,12,33H2,1-4H3. The molecule has 0 saturated carbocycles. The number of nitrogens with zero attached hydrogens (tertiary/aromatic N) is 1. The van der Waals surface area contributed by atoms with E-state index in [1.165, 1.54) is 0 Å². The fourth-order valence-corrected chi connectivity index (χ4v) is 5.02. The molecule has 0 saturated heterocycles. The maximum Gasteiger partial charge on any atom is 0.379 e. The lowest BCUT2D eigenvalue weighted by Gasteiger charge is -2.28. The van der Waals surface area contributed by atoms with E-state index in [1.807, 2.05) is 58.0 Å².